The maximum absolute atomic E-state index is 6.51. The molecule has 126 valence electrons. The highest BCUT2D eigenvalue weighted by molar-refractivity contribution is 6.30. The highest BCUT2D eigenvalue weighted by atomic mass is 35.5. The second-order valence-corrected chi connectivity index (χ2v) is 7.01. The normalized spacial score (nSPS) is 27.3. The molecule has 0 spiro atoms. The summed E-state index contributed by atoms with van der Waals surface area (Å²) in [5.74, 6) is 0.448. The first-order chi connectivity index (χ1) is 11.7. The SMILES string of the molecule is C[C@@]1(c2ccc(Cl)cn2)Oc2ccccc2C(C2CCNCC2)O1. The summed E-state index contributed by atoms with van der Waals surface area (Å²) in [4.78, 5) is 4.43. The average Bonchev–Trinajstić information content (AvgIpc) is 2.62. The number of aromatic nitrogens is 1. The monoisotopic (exact) mass is 344 g/mol. The van der Waals surface area contributed by atoms with Crippen molar-refractivity contribution in [1.29, 1.82) is 0 Å². The summed E-state index contributed by atoms with van der Waals surface area (Å²) in [7, 11) is 0. The molecule has 4 nitrogen and oxygen atoms in total. The zero-order valence-electron chi connectivity index (χ0n) is 13.7. The van der Waals surface area contributed by atoms with Crippen LogP contribution in [0.15, 0.2) is 42.6 Å². The Kier molecular flexibility index (Phi) is 4.21. The Labute approximate surface area is 147 Å². The second kappa shape index (κ2) is 6.36. The van der Waals surface area contributed by atoms with Crippen molar-refractivity contribution in [3.8, 4) is 5.75 Å². The molecule has 1 aromatic heterocycles. The molecule has 4 rings (SSSR count). The summed E-state index contributed by atoms with van der Waals surface area (Å²) >= 11 is 5.98. The van der Waals surface area contributed by atoms with Gasteiger partial charge in [-0.3, -0.25) is 4.98 Å². The van der Waals surface area contributed by atoms with E-state index in [1.54, 1.807) is 6.20 Å². The van der Waals surface area contributed by atoms with Gasteiger partial charge in [0.2, 0.25) is 0 Å². The van der Waals surface area contributed by atoms with Gasteiger partial charge in [-0.1, -0.05) is 29.8 Å². The van der Waals surface area contributed by atoms with E-state index in [0.29, 0.717) is 10.9 Å². The van der Waals surface area contributed by atoms with E-state index >= 15 is 0 Å². The molecule has 0 saturated carbocycles. The maximum Gasteiger partial charge on any atom is 0.252 e. The van der Waals surface area contributed by atoms with Crippen LogP contribution >= 0.6 is 11.6 Å². The van der Waals surface area contributed by atoms with Gasteiger partial charge >= 0.3 is 0 Å². The first-order valence-electron chi connectivity index (χ1n) is 8.44. The van der Waals surface area contributed by atoms with Gasteiger partial charge < -0.3 is 14.8 Å². The van der Waals surface area contributed by atoms with Gasteiger partial charge in [0.15, 0.2) is 0 Å². The van der Waals surface area contributed by atoms with Crippen LogP contribution in [-0.4, -0.2) is 18.1 Å². The molecule has 2 aliphatic heterocycles. The van der Waals surface area contributed by atoms with E-state index < -0.39 is 5.79 Å². The largest absolute Gasteiger partial charge is 0.456 e. The van der Waals surface area contributed by atoms with Crippen LogP contribution in [0.5, 0.6) is 5.75 Å². The van der Waals surface area contributed by atoms with Crippen LogP contribution in [0.2, 0.25) is 5.02 Å². The Bertz CT molecular complexity index is 716. The van der Waals surface area contributed by atoms with E-state index in [0.717, 1.165) is 42.9 Å². The molecule has 0 aliphatic carbocycles. The van der Waals surface area contributed by atoms with E-state index in [1.807, 2.05) is 37.3 Å². The predicted octanol–water partition coefficient (Wildman–Crippen LogP) is 4.06. The Morgan fingerprint density at radius 2 is 1.96 bits per heavy atom. The van der Waals surface area contributed by atoms with E-state index in [9.17, 15) is 0 Å². The second-order valence-electron chi connectivity index (χ2n) is 6.57. The number of ether oxygens (including phenoxy) is 2. The van der Waals surface area contributed by atoms with Gasteiger partial charge in [0.05, 0.1) is 11.1 Å². The summed E-state index contributed by atoms with van der Waals surface area (Å²) < 4.78 is 12.7. The maximum atomic E-state index is 6.51. The van der Waals surface area contributed by atoms with Crippen LogP contribution in [0.25, 0.3) is 0 Å². The molecule has 1 N–H and O–H groups in total. The van der Waals surface area contributed by atoms with Gasteiger partial charge in [-0.15, -0.1) is 0 Å². The lowest BCUT2D eigenvalue weighted by Gasteiger charge is -2.43. The fourth-order valence-electron chi connectivity index (χ4n) is 3.60. The van der Waals surface area contributed by atoms with Crippen molar-refractivity contribution in [2.45, 2.75) is 31.7 Å². The van der Waals surface area contributed by atoms with Crippen LogP contribution in [-0.2, 0) is 10.5 Å². The topological polar surface area (TPSA) is 43.4 Å². The molecule has 0 amide bonds. The summed E-state index contributed by atoms with van der Waals surface area (Å²) in [5, 5.41) is 4.03. The number of pyridine rings is 1. The smallest absolute Gasteiger partial charge is 0.252 e. The van der Waals surface area contributed by atoms with E-state index in [-0.39, 0.29) is 6.10 Å². The number of hydrogen-bond donors (Lipinski definition) is 1. The zero-order chi connectivity index (χ0) is 16.6. The molecule has 0 radical (unpaired) electrons. The summed E-state index contributed by atoms with van der Waals surface area (Å²) in [5.41, 5.74) is 1.87. The minimum Gasteiger partial charge on any atom is -0.456 e. The lowest BCUT2D eigenvalue weighted by atomic mass is 9.86. The van der Waals surface area contributed by atoms with Crippen LogP contribution in [0.3, 0.4) is 0 Å². The van der Waals surface area contributed by atoms with Crippen molar-refractivity contribution >= 4 is 11.6 Å². The molecule has 1 unspecified atom stereocenters. The predicted molar refractivity (Wildman–Crippen MR) is 93.1 cm³/mol. The van der Waals surface area contributed by atoms with Crippen molar-refractivity contribution < 1.29 is 9.47 Å². The Balaban J connectivity index is 1.72. The number of hydrogen-bond acceptors (Lipinski definition) is 4. The van der Waals surface area contributed by atoms with Crippen molar-refractivity contribution in [3.05, 3.63) is 58.9 Å². The van der Waals surface area contributed by atoms with Gasteiger partial charge in [0.25, 0.3) is 5.79 Å². The number of piperidine rings is 1. The third-order valence-electron chi connectivity index (χ3n) is 4.89. The molecular weight excluding hydrogens is 324 g/mol. The van der Waals surface area contributed by atoms with Crippen molar-refractivity contribution in [1.82, 2.24) is 10.3 Å². The van der Waals surface area contributed by atoms with Crippen LogP contribution in [0, 0.1) is 5.92 Å². The fourth-order valence-corrected chi connectivity index (χ4v) is 3.71. The number of fused-ring (bicyclic) bond motifs is 1. The highest BCUT2D eigenvalue weighted by Crippen LogP contribution is 2.47. The van der Waals surface area contributed by atoms with Crippen molar-refractivity contribution in [2.75, 3.05) is 13.1 Å². The first-order valence-corrected chi connectivity index (χ1v) is 8.82. The number of nitrogens with one attached hydrogen (secondary N) is 1. The lowest BCUT2D eigenvalue weighted by molar-refractivity contribution is -0.243. The minimum absolute atomic E-state index is 0.0135. The number of nitrogens with zero attached hydrogens (tertiary/aromatic N) is 1. The zero-order valence-corrected chi connectivity index (χ0v) is 14.4. The number of benzene rings is 1. The van der Waals surface area contributed by atoms with E-state index in [2.05, 4.69) is 16.4 Å². The van der Waals surface area contributed by atoms with Gasteiger partial charge in [-0.2, -0.15) is 0 Å². The third kappa shape index (κ3) is 2.90. The lowest BCUT2D eigenvalue weighted by Crippen LogP contribution is -2.42. The number of rotatable bonds is 2. The third-order valence-corrected chi connectivity index (χ3v) is 5.11. The number of halogens is 1. The molecule has 3 heterocycles. The molecule has 1 aromatic carbocycles. The summed E-state index contributed by atoms with van der Waals surface area (Å²) in [6.45, 7) is 4.00. The number of para-hydroxylation sites is 1. The standard InChI is InChI=1S/C19H21ClN2O2/c1-19(17-7-6-14(20)12-22-17)23-16-5-3-2-4-15(16)18(24-19)13-8-10-21-11-9-13/h2-7,12-13,18,21H,8-11H2,1H3/t18?,19-/m1/s1. The van der Waals surface area contributed by atoms with Gasteiger partial charge in [-0.25, -0.2) is 0 Å². The van der Waals surface area contributed by atoms with Gasteiger partial charge in [0, 0.05) is 18.7 Å². The molecule has 2 atom stereocenters. The van der Waals surface area contributed by atoms with Crippen LogP contribution in [0.4, 0.5) is 0 Å². The fraction of sp³-hybridized carbons (Fsp3) is 0.421. The Morgan fingerprint density at radius 1 is 1.17 bits per heavy atom. The quantitative estimate of drug-likeness (QED) is 0.892. The Morgan fingerprint density at radius 3 is 2.71 bits per heavy atom. The first kappa shape index (κ1) is 15.9. The molecule has 2 aromatic rings. The van der Waals surface area contributed by atoms with Crippen molar-refractivity contribution in [2.24, 2.45) is 5.92 Å². The molecule has 0 bridgehead atoms. The molecular formula is C19H21ClN2O2. The van der Waals surface area contributed by atoms with Gasteiger partial charge in [0.1, 0.15) is 11.4 Å². The molecule has 5 heteroatoms. The Hall–Kier alpha value is -1.62. The average molecular weight is 345 g/mol. The summed E-state index contributed by atoms with van der Waals surface area (Å²) in [6.07, 6.45) is 3.85. The van der Waals surface area contributed by atoms with Crippen LogP contribution in [0.1, 0.15) is 37.1 Å². The van der Waals surface area contributed by atoms with E-state index in [4.69, 9.17) is 21.1 Å². The molecule has 2 aliphatic rings. The van der Waals surface area contributed by atoms with Crippen LogP contribution < -0.4 is 10.1 Å². The molecule has 1 saturated heterocycles. The molecule has 24 heavy (non-hydrogen) atoms. The van der Waals surface area contributed by atoms with Crippen molar-refractivity contribution in [3.63, 3.8) is 0 Å². The van der Waals surface area contributed by atoms with Gasteiger partial charge in [-0.05, 0) is 50.0 Å². The van der Waals surface area contributed by atoms with E-state index in [1.165, 1.54) is 0 Å². The molecule has 1 fully saturated rings. The summed E-state index contributed by atoms with van der Waals surface area (Å²) in [6, 6.07) is 11.9. The minimum atomic E-state index is -0.908. The highest BCUT2D eigenvalue weighted by Gasteiger charge is 2.43.